The summed E-state index contributed by atoms with van der Waals surface area (Å²) in [4.78, 5) is 39.7. The van der Waals surface area contributed by atoms with E-state index in [0.717, 1.165) is 49.2 Å². The van der Waals surface area contributed by atoms with Crippen LogP contribution in [-0.2, 0) is 31.3 Å². The molecule has 10 nitrogen and oxygen atoms in total. The first-order chi connectivity index (χ1) is 20.3. The van der Waals surface area contributed by atoms with E-state index in [1.54, 1.807) is 19.1 Å². The molecule has 0 radical (unpaired) electrons. The number of nitrogens with one attached hydrogen (secondary N) is 1. The molecule has 3 aliphatic rings. The fourth-order valence-corrected chi connectivity index (χ4v) is 7.97. The maximum atomic E-state index is 13.5. The molecule has 0 aliphatic carbocycles. The van der Waals surface area contributed by atoms with E-state index in [4.69, 9.17) is 9.47 Å². The molecule has 4 atom stereocenters. The highest BCUT2D eigenvalue weighted by molar-refractivity contribution is 6.31. The van der Waals surface area contributed by atoms with E-state index in [9.17, 15) is 19.5 Å². The lowest BCUT2D eigenvalue weighted by Gasteiger charge is -2.50. The first-order valence-electron chi connectivity index (χ1n) is 14.2. The molecule has 0 saturated carbocycles. The van der Waals surface area contributed by atoms with E-state index in [1.807, 2.05) is 31.2 Å². The van der Waals surface area contributed by atoms with Crippen molar-refractivity contribution < 1.29 is 29.0 Å². The van der Waals surface area contributed by atoms with Crippen molar-refractivity contribution in [2.45, 2.75) is 56.8 Å². The average Bonchev–Trinajstić information content (AvgIpc) is 3.62. The maximum Gasteiger partial charge on any atom is 0.303 e. The van der Waals surface area contributed by atoms with Crippen molar-refractivity contribution in [3.05, 3.63) is 59.7 Å². The molecule has 0 spiro atoms. The Labute approximate surface area is 240 Å². The van der Waals surface area contributed by atoms with Crippen molar-refractivity contribution in [2.24, 2.45) is 0 Å². The van der Waals surface area contributed by atoms with Gasteiger partial charge in [0.25, 0.3) is 5.91 Å². The Morgan fingerprint density at radius 1 is 1.07 bits per heavy atom. The zero-order chi connectivity index (χ0) is 29.1. The number of carboxylic acids is 1. The fraction of sp³-hybridized carbons (Fsp3) is 0.344. The standard InChI is InChI=1S/C32H30N4O6/c1-32-30(41-3)21(34(2)22(37)12-13-24(38)39)14-23(42-32)35-19-10-6-4-8-16(19)26-27-18(15-33-31(27)40)25-17-9-5-7-11-20(17)36(32)29(25)28(26)35/h4-11,21,23,30H,12-15H2,1-3H3,(H,33,40)(H,38,39)/t21-,23-,30-,32+/m0/s1. The van der Waals surface area contributed by atoms with E-state index in [0.29, 0.717) is 18.5 Å². The summed E-state index contributed by atoms with van der Waals surface area (Å²) in [7, 11) is 3.35. The van der Waals surface area contributed by atoms with Gasteiger partial charge in [-0.05, 0) is 24.6 Å². The second kappa shape index (κ2) is 8.56. The third-order valence-electron chi connectivity index (χ3n) is 9.64. The predicted molar refractivity (Wildman–Crippen MR) is 156 cm³/mol. The lowest BCUT2D eigenvalue weighted by Crippen LogP contribution is -2.61. The Morgan fingerprint density at radius 3 is 2.48 bits per heavy atom. The highest BCUT2D eigenvalue weighted by Gasteiger charge is 2.54. The molecule has 214 valence electrons. The van der Waals surface area contributed by atoms with Gasteiger partial charge in [-0.2, -0.15) is 0 Å². The van der Waals surface area contributed by atoms with Crippen LogP contribution in [0.2, 0.25) is 0 Å². The summed E-state index contributed by atoms with van der Waals surface area (Å²) in [5.41, 5.74) is 4.44. The van der Waals surface area contributed by atoms with Crippen LogP contribution in [0.15, 0.2) is 48.5 Å². The fourth-order valence-electron chi connectivity index (χ4n) is 7.97. The summed E-state index contributed by atoms with van der Waals surface area (Å²) >= 11 is 0. The first-order valence-corrected chi connectivity index (χ1v) is 14.2. The van der Waals surface area contributed by atoms with Crippen LogP contribution in [0.5, 0.6) is 0 Å². The lowest BCUT2D eigenvalue weighted by molar-refractivity contribution is -0.266. The minimum absolute atomic E-state index is 0.0811. The van der Waals surface area contributed by atoms with Gasteiger partial charge in [0.2, 0.25) is 5.91 Å². The van der Waals surface area contributed by atoms with E-state index in [2.05, 4.69) is 38.7 Å². The van der Waals surface area contributed by atoms with Crippen molar-refractivity contribution in [3.63, 3.8) is 0 Å². The monoisotopic (exact) mass is 566 g/mol. The van der Waals surface area contributed by atoms with Crippen LogP contribution in [0.4, 0.5) is 0 Å². The quantitative estimate of drug-likeness (QED) is 0.325. The lowest BCUT2D eigenvalue weighted by atomic mass is 9.91. The van der Waals surface area contributed by atoms with E-state index in [1.165, 1.54) is 0 Å². The molecule has 8 rings (SSSR count). The molecule has 1 fully saturated rings. The SMILES string of the molecule is CO[C@H]1[C@@H](N(C)C(=O)CCC(=O)O)C[C@@H]2O[C@@]1(C)n1c3ccccc3c3c4c(c5c6ccccc6n2c5c31)C(=O)NC4. The van der Waals surface area contributed by atoms with Gasteiger partial charge in [-0.15, -0.1) is 0 Å². The Morgan fingerprint density at radius 2 is 1.76 bits per heavy atom. The van der Waals surface area contributed by atoms with Gasteiger partial charge in [-0.25, -0.2) is 0 Å². The van der Waals surface area contributed by atoms with Gasteiger partial charge in [-0.1, -0.05) is 36.4 Å². The molecule has 5 heterocycles. The van der Waals surface area contributed by atoms with Gasteiger partial charge >= 0.3 is 5.97 Å². The van der Waals surface area contributed by atoms with Gasteiger partial charge in [0.1, 0.15) is 12.3 Å². The third kappa shape index (κ3) is 3.03. The molecule has 1 saturated heterocycles. The highest BCUT2D eigenvalue weighted by Crippen LogP contribution is 2.54. The molecular weight excluding hydrogens is 536 g/mol. The number of nitrogens with zero attached hydrogens (tertiary/aromatic N) is 3. The van der Waals surface area contributed by atoms with Crippen molar-refractivity contribution in [1.29, 1.82) is 0 Å². The van der Waals surface area contributed by atoms with Gasteiger partial charge < -0.3 is 33.9 Å². The number of hydrogen-bond acceptors (Lipinski definition) is 5. The number of aliphatic carboxylic acids is 1. The normalized spacial score (nSPS) is 24.5. The summed E-state index contributed by atoms with van der Waals surface area (Å²) in [5.74, 6) is -1.35. The van der Waals surface area contributed by atoms with E-state index < -0.39 is 30.1 Å². The number of rotatable bonds is 5. The minimum atomic E-state index is -1.05. The molecular formula is C32H30N4O6. The number of aromatic nitrogens is 2. The Kier molecular flexibility index (Phi) is 5.16. The molecule has 0 unspecified atom stereocenters. The predicted octanol–water partition coefficient (Wildman–Crippen LogP) is 4.46. The number of carbonyl (C=O) groups excluding carboxylic acids is 2. The summed E-state index contributed by atoms with van der Waals surface area (Å²) < 4.78 is 17.8. The van der Waals surface area contributed by atoms with E-state index >= 15 is 0 Å². The Hall–Kier alpha value is -4.41. The zero-order valence-electron chi connectivity index (χ0n) is 23.5. The number of hydrogen-bond donors (Lipinski definition) is 2. The summed E-state index contributed by atoms with van der Waals surface area (Å²) in [6, 6.07) is 15.8. The summed E-state index contributed by atoms with van der Waals surface area (Å²) in [6.45, 7) is 2.45. The molecule has 2 aromatic heterocycles. The number of fused-ring (bicyclic) bond motifs is 13. The number of para-hydroxylation sites is 2. The maximum absolute atomic E-state index is 13.5. The van der Waals surface area contributed by atoms with E-state index in [-0.39, 0.29) is 24.7 Å². The largest absolute Gasteiger partial charge is 0.481 e. The molecule has 10 heteroatoms. The summed E-state index contributed by atoms with van der Waals surface area (Å²) in [6.07, 6.45) is -0.991. The van der Waals surface area contributed by atoms with Crippen molar-refractivity contribution >= 4 is 61.4 Å². The number of carboxylic acid groups (broad SMARTS) is 1. The number of likely N-dealkylation sites (N-methyl/N-ethyl adjacent to an activating group) is 1. The minimum Gasteiger partial charge on any atom is -0.481 e. The highest BCUT2D eigenvalue weighted by atomic mass is 16.6. The topological polar surface area (TPSA) is 115 Å². The van der Waals surface area contributed by atoms with Gasteiger partial charge in [0.05, 0.1) is 40.1 Å². The number of methoxy groups -OCH3 is 1. The number of ether oxygens (including phenoxy) is 2. The molecule has 2 N–H and O–H groups in total. The summed E-state index contributed by atoms with van der Waals surface area (Å²) in [5, 5.41) is 16.2. The number of amides is 2. The molecule has 3 aromatic carbocycles. The molecule has 3 aliphatic heterocycles. The number of carbonyl (C=O) groups is 3. The van der Waals surface area contributed by atoms with Crippen molar-refractivity contribution in [3.8, 4) is 0 Å². The molecule has 2 amide bonds. The second-order valence-electron chi connectivity index (χ2n) is 11.7. The second-order valence-corrected chi connectivity index (χ2v) is 11.7. The van der Waals surface area contributed by atoms with Crippen molar-refractivity contribution in [2.75, 3.05) is 14.2 Å². The Balaban J connectivity index is 1.51. The van der Waals surface area contributed by atoms with Crippen LogP contribution in [0.3, 0.4) is 0 Å². The van der Waals surface area contributed by atoms with Gasteiger partial charge in [0, 0.05) is 55.1 Å². The Bertz CT molecular complexity index is 2020. The van der Waals surface area contributed by atoms with Crippen LogP contribution < -0.4 is 5.32 Å². The number of benzene rings is 3. The van der Waals surface area contributed by atoms with Crippen LogP contribution >= 0.6 is 0 Å². The van der Waals surface area contributed by atoms with Crippen molar-refractivity contribution in [1.82, 2.24) is 19.4 Å². The molecule has 5 aromatic rings. The van der Waals surface area contributed by atoms with Gasteiger partial charge in [-0.3, -0.25) is 14.4 Å². The zero-order valence-corrected chi connectivity index (χ0v) is 23.5. The molecule has 42 heavy (non-hydrogen) atoms. The average molecular weight is 567 g/mol. The van der Waals surface area contributed by atoms with Crippen LogP contribution in [0.1, 0.15) is 48.3 Å². The van der Waals surface area contributed by atoms with Gasteiger partial charge in [0.15, 0.2) is 5.72 Å². The van der Waals surface area contributed by atoms with Crippen LogP contribution in [0, 0.1) is 0 Å². The smallest absolute Gasteiger partial charge is 0.303 e. The first kappa shape index (κ1) is 25.3. The molecule has 2 bridgehead atoms. The van der Waals surface area contributed by atoms with Crippen LogP contribution in [-0.4, -0.2) is 63.2 Å². The van der Waals surface area contributed by atoms with Crippen LogP contribution in [0.25, 0.3) is 43.6 Å². The third-order valence-corrected chi connectivity index (χ3v) is 9.64.